The molecule has 0 fully saturated rings. The quantitative estimate of drug-likeness (QED) is 0.659. The van der Waals surface area contributed by atoms with Gasteiger partial charge in [0.05, 0.1) is 6.61 Å². The van der Waals surface area contributed by atoms with Crippen LogP contribution in [-0.4, -0.2) is 43.8 Å². The average Bonchev–Trinajstić information content (AvgIpc) is 2.25. The fourth-order valence-corrected chi connectivity index (χ4v) is 1.89. The number of hydrogen-bond donors (Lipinski definition) is 1. The molecular weight excluding hydrogens is 200 g/mol. The lowest BCUT2D eigenvalue weighted by molar-refractivity contribution is 0.119. The van der Waals surface area contributed by atoms with Crippen molar-refractivity contribution >= 4 is 0 Å². The monoisotopic (exact) mass is 230 g/mol. The highest BCUT2D eigenvalue weighted by molar-refractivity contribution is 4.85. The molecule has 16 heavy (non-hydrogen) atoms. The lowest BCUT2D eigenvalue weighted by atomic mass is 9.93. The Morgan fingerprint density at radius 2 is 1.81 bits per heavy atom. The molecule has 0 aromatic rings. The Bertz CT molecular complexity index is 167. The Labute approximate surface area is 101 Å². The van der Waals surface area contributed by atoms with E-state index in [1.54, 1.807) is 7.11 Å². The fourth-order valence-electron chi connectivity index (χ4n) is 1.89. The molecule has 0 aliphatic rings. The standard InChI is InChI=1S/C13H30N2O/c1-6-13(14,7-2)11-15(8-9-16-5)10-12(3)4/h12H,6-11,14H2,1-5H3. The molecule has 0 rings (SSSR count). The molecule has 0 heterocycles. The van der Waals surface area contributed by atoms with E-state index >= 15 is 0 Å². The molecule has 0 bridgehead atoms. The molecule has 98 valence electrons. The summed E-state index contributed by atoms with van der Waals surface area (Å²) in [6, 6.07) is 0. The van der Waals surface area contributed by atoms with Crippen LogP contribution in [0.2, 0.25) is 0 Å². The summed E-state index contributed by atoms with van der Waals surface area (Å²) in [5.74, 6) is 0.676. The van der Waals surface area contributed by atoms with E-state index < -0.39 is 0 Å². The average molecular weight is 230 g/mol. The van der Waals surface area contributed by atoms with Gasteiger partial charge >= 0.3 is 0 Å². The van der Waals surface area contributed by atoms with E-state index in [2.05, 4.69) is 32.6 Å². The summed E-state index contributed by atoms with van der Waals surface area (Å²) in [5, 5.41) is 0. The minimum atomic E-state index is -0.0391. The highest BCUT2D eigenvalue weighted by Gasteiger charge is 2.23. The van der Waals surface area contributed by atoms with Crippen LogP contribution in [-0.2, 0) is 4.74 Å². The van der Waals surface area contributed by atoms with Gasteiger partial charge in [-0.25, -0.2) is 0 Å². The van der Waals surface area contributed by atoms with E-state index in [4.69, 9.17) is 10.5 Å². The molecule has 0 unspecified atom stereocenters. The predicted molar refractivity (Wildman–Crippen MR) is 70.7 cm³/mol. The van der Waals surface area contributed by atoms with Crippen molar-refractivity contribution in [3.05, 3.63) is 0 Å². The molecule has 0 spiro atoms. The van der Waals surface area contributed by atoms with Crippen LogP contribution in [0.4, 0.5) is 0 Å². The van der Waals surface area contributed by atoms with Gasteiger partial charge < -0.3 is 10.5 Å². The topological polar surface area (TPSA) is 38.5 Å². The van der Waals surface area contributed by atoms with E-state index in [1.807, 2.05) is 0 Å². The SMILES string of the molecule is CCC(N)(CC)CN(CCOC)CC(C)C. The van der Waals surface area contributed by atoms with Gasteiger partial charge in [-0.15, -0.1) is 0 Å². The van der Waals surface area contributed by atoms with E-state index in [9.17, 15) is 0 Å². The second-order valence-corrected chi connectivity index (χ2v) is 5.19. The summed E-state index contributed by atoms with van der Waals surface area (Å²) >= 11 is 0. The van der Waals surface area contributed by atoms with Gasteiger partial charge in [0.1, 0.15) is 0 Å². The van der Waals surface area contributed by atoms with Crippen molar-refractivity contribution in [2.75, 3.05) is 33.4 Å². The number of nitrogens with zero attached hydrogens (tertiary/aromatic N) is 1. The molecule has 0 aromatic heterocycles. The fraction of sp³-hybridized carbons (Fsp3) is 1.00. The molecule has 0 aliphatic heterocycles. The third-order valence-corrected chi connectivity index (χ3v) is 3.18. The lowest BCUT2D eigenvalue weighted by Gasteiger charge is -2.34. The number of rotatable bonds is 9. The number of hydrogen-bond acceptors (Lipinski definition) is 3. The van der Waals surface area contributed by atoms with Gasteiger partial charge in [0.2, 0.25) is 0 Å². The molecule has 0 saturated heterocycles. The Kier molecular flexibility index (Phi) is 7.98. The van der Waals surface area contributed by atoms with Crippen LogP contribution in [0.25, 0.3) is 0 Å². The predicted octanol–water partition coefficient (Wildman–Crippen LogP) is 2.11. The van der Waals surface area contributed by atoms with Crippen molar-refractivity contribution in [2.24, 2.45) is 11.7 Å². The van der Waals surface area contributed by atoms with E-state index in [0.29, 0.717) is 5.92 Å². The second-order valence-electron chi connectivity index (χ2n) is 5.19. The van der Waals surface area contributed by atoms with Crippen LogP contribution in [0.3, 0.4) is 0 Å². The molecule has 0 radical (unpaired) electrons. The molecule has 0 amide bonds. The third-order valence-electron chi connectivity index (χ3n) is 3.18. The molecule has 0 aliphatic carbocycles. The maximum Gasteiger partial charge on any atom is 0.0589 e. The summed E-state index contributed by atoms with van der Waals surface area (Å²) in [7, 11) is 1.75. The Morgan fingerprint density at radius 3 is 2.19 bits per heavy atom. The lowest BCUT2D eigenvalue weighted by Crippen LogP contribution is -2.50. The molecule has 3 nitrogen and oxygen atoms in total. The van der Waals surface area contributed by atoms with E-state index in [0.717, 1.165) is 39.1 Å². The van der Waals surface area contributed by atoms with Crippen molar-refractivity contribution in [1.82, 2.24) is 4.90 Å². The molecule has 0 aromatic carbocycles. The third kappa shape index (κ3) is 6.46. The summed E-state index contributed by atoms with van der Waals surface area (Å²) in [5.41, 5.74) is 6.32. The largest absolute Gasteiger partial charge is 0.383 e. The molecule has 2 N–H and O–H groups in total. The van der Waals surface area contributed by atoms with E-state index in [1.165, 1.54) is 0 Å². The maximum atomic E-state index is 6.36. The van der Waals surface area contributed by atoms with Crippen molar-refractivity contribution in [3.8, 4) is 0 Å². The first-order valence-electron chi connectivity index (χ1n) is 6.47. The molecule has 0 atom stereocenters. The first-order valence-corrected chi connectivity index (χ1v) is 6.47. The maximum absolute atomic E-state index is 6.36. The normalized spacial score (nSPS) is 12.8. The first-order chi connectivity index (χ1) is 7.47. The summed E-state index contributed by atoms with van der Waals surface area (Å²) in [4.78, 5) is 2.43. The van der Waals surface area contributed by atoms with Crippen molar-refractivity contribution in [3.63, 3.8) is 0 Å². The molecule has 3 heteroatoms. The van der Waals surface area contributed by atoms with Gasteiger partial charge in [0.15, 0.2) is 0 Å². The number of nitrogens with two attached hydrogens (primary N) is 1. The van der Waals surface area contributed by atoms with Crippen LogP contribution in [0.1, 0.15) is 40.5 Å². The Hall–Kier alpha value is -0.120. The van der Waals surface area contributed by atoms with Gasteiger partial charge in [-0.1, -0.05) is 27.7 Å². The van der Waals surface area contributed by atoms with E-state index in [-0.39, 0.29) is 5.54 Å². The minimum absolute atomic E-state index is 0.0391. The zero-order valence-electron chi connectivity index (χ0n) is 11.8. The van der Waals surface area contributed by atoms with Crippen molar-refractivity contribution < 1.29 is 4.74 Å². The second kappa shape index (κ2) is 8.04. The van der Waals surface area contributed by atoms with Crippen LogP contribution in [0.5, 0.6) is 0 Å². The highest BCUT2D eigenvalue weighted by Crippen LogP contribution is 2.14. The van der Waals surface area contributed by atoms with Crippen molar-refractivity contribution in [1.29, 1.82) is 0 Å². The first kappa shape index (κ1) is 15.9. The molecular formula is C13H30N2O. The van der Waals surface area contributed by atoms with Crippen LogP contribution < -0.4 is 5.73 Å². The minimum Gasteiger partial charge on any atom is -0.383 e. The van der Waals surface area contributed by atoms with Gasteiger partial charge in [-0.3, -0.25) is 4.90 Å². The summed E-state index contributed by atoms with van der Waals surface area (Å²) in [6.07, 6.45) is 2.07. The Morgan fingerprint density at radius 1 is 1.25 bits per heavy atom. The van der Waals surface area contributed by atoms with Gasteiger partial charge in [-0.2, -0.15) is 0 Å². The van der Waals surface area contributed by atoms with Crippen molar-refractivity contribution in [2.45, 2.75) is 46.1 Å². The zero-order valence-corrected chi connectivity index (χ0v) is 11.8. The van der Waals surface area contributed by atoms with Gasteiger partial charge in [0, 0.05) is 32.3 Å². The van der Waals surface area contributed by atoms with Gasteiger partial charge in [-0.05, 0) is 18.8 Å². The number of methoxy groups -OCH3 is 1. The Balaban J connectivity index is 4.27. The van der Waals surface area contributed by atoms with Crippen LogP contribution in [0.15, 0.2) is 0 Å². The smallest absolute Gasteiger partial charge is 0.0589 e. The highest BCUT2D eigenvalue weighted by atomic mass is 16.5. The number of ether oxygens (including phenoxy) is 1. The van der Waals surface area contributed by atoms with Gasteiger partial charge in [0.25, 0.3) is 0 Å². The van der Waals surface area contributed by atoms with Crippen LogP contribution in [0, 0.1) is 5.92 Å². The molecule has 0 saturated carbocycles. The zero-order chi connectivity index (χ0) is 12.6. The van der Waals surface area contributed by atoms with Crippen LogP contribution >= 0.6 is 0 Å². The summed E-state index contributed by atoms with van der Waals surface area (Å²) < 4.78 is 5.15. The summed E-state index contributed by atoms with van der Waals surface area (Å²) in [6.45, 7) is 12.7.